The molecule has 1 fully saturated rings. The van der Waals surface area contributed by atoms with Gasteiger partial charge in [-0.05, 0) is 48.8 Å². The van der Waals surface area contributed by atoms with Gasteiger partial charge < -0.3 is 9.84 Å². The number of likely N-dealkylation sites (tertiary alicyclic amines) is 1. The van der Waals surface area contributed by atoms with Gasteiger partial charge in [0, 0.05) is 26.1 Å². The second-order valence-electron chi connectivity index (χ2n) is 8.26. The lowest BCUT2D eigenvalue weighted by Gasteiger charge is -2.43. The van der Waals surface area contributed by atoms with E-state index in [1.54, 1.807) is 7.11 Å². The summed E-state index contributed by atoms with van der Waals surface area (Å²) in [5, 5.41) is 9.21. The number of halogens is 3. The molecule has 1 N–H and O–H groups in total. The van der Waals surface area contributed by atoms with Crippen LogP contribution in [0.4, 0.5) is 13.2 Å². The van der Waals surface area contributed by atoms with E-state index in [9.17, 15) is 23.1 Å². The Bertz CT molecular complexity index is 750. The maximum Gasteiger partial charge on any atom is 0.416 e. The van der Waals surface area contributed by atoms with Crippen LogP contribution in [0, 0.1) is 23.7 Å². The highest BCUT2D eigenvalue weighted by molar-refractivity contribution is 5.67. The fourth-order valence-corrected chi connectivity index (χ4v) is 4.04. The first kappa shape index (κ1) is 24.2. The number of carboxylic acids is 1. The summed E-state index contributed by atoms with van der Waals surface area (Å²) < 4.78 is 44.0. The first-order chi connectivity index (χ1) is 14.1. The average molecular weight is 425 g/mol. The molecule has 0 unspecified atom stereocenters. The Morgan fingerprint density at radius 2 is 1.97 bits per heavy atom. The van der Waals surface area contributed by atoms with Crippen molar-refractivity contribution in [3.8, 4) is 11.8 Å². The number of aliphatic carboxylic acids is 1. The number of nitrogens with zero attached hydrogens (tertiary/aromatic N) is 1. The van der Waals surface area contributed by atoms with Crippen molar-refractivity contribution in [1.82, 2.24) is 4.90 Å². The number of hydrogen-bond acceptors (Lipinski definition) is 3. The highest BCUT2D eigenvalue weighted by Gasteiger charge is 2.35. The number of ether oxygens (including phenoxy) is 1. The summed E-state index contributed by atoms with van der Waals surface area (Å²) in [6, 6.07) is 4.98. The van der Waals surface area contributed by atoms with Gasteiger partial charge in [0.25, 0.3) is 0 Å². The molecule has 7 heteroatoms. The van der Waals surface area contributed by atoms with Crippen molar-refractivity contribution in [2.24, 2.45) is 11.8 Å². The summed E-state index contributed by atoms with van der Waals surface area (Å²) in [7, 11) is 1.58. The zero-order chi connectivity index (χ0) is 22.3. The van der Waals surface area contributed by atoms with Gasteiger partial charge in [-0.25, -0.2) is 0 Å². The van der Waals surface area contributed by atoms with Crippen molar-refractivity contribution in [2.45, 2.75) is 57.8 Å². The summed E-state index contributed by atoms with van der Waals surface area (Å²) in [5.41, 5.74) is 0.0784. The maximum atomic E-state index is 13.0. The lowest BCUT2D eigenvalue weighted by atomic mass is 9.83. The van der Waals surface area contributed by atoms with E-state index >= 15 is 0 Å². The Balaban J connectivity index is 2.35. The van der Waals surface area contributed by atoms with E-state index in [0.29, 0.717) is 25.5 Å². The summed E-state index contributed by atoms with van der Waals surface area (Å²) in [5.74, 6) is 5.81. The van der Waals surface area contributed by atoms with Gasteiger partial charge in [-0.2, -0.15) is 13.2 Å². The molecule has 2 rings (SSSR count). The van der Waals surface area contributed by atoms with Gasteiger partial charge in [-0.15, -0.1) is 0 Å². The van der Waals surface area contributed by atoms with Crippen molar-refractivity contribution in [3.05, 3.63) is 35.4 Å². The van der Waals surface area contributed by atoms with E-state index in [-0.39, 0.29) is 24.4 Å². The Kier molecular flexibility index (Phi) is 8.75. The molecule has 1 aromatic carbocycles. The molecule has 0 bridgehead atoms. The molecular formula is C23H30F3NO3. The zero-order valence-electron chi connectivity index (χ0n) is 17.7. The predicted octanol–water partition coefficient (Wildman–Crippen LogP) is 5.00. The minimum absolute atomic E-state index is 0.0160. The first-order valence-electron chi connectivity index (χ1n) is 10.2. The summed E-state index contributed by atoms with van der Waals surface area (Å²) >= 11 is 0. The van der Waals surface area contributed by atoms with Gasteiger partial charge in [0.05, 0.1) is 11.6 Å². The smallest absolute Gasteiger partial charge is 0.416 e. The quantitative estimate of drug-likeness (QED) is 0.625. The third-order valence-corrected chi connectivity index (χ3v) is 5.42. The second-order valence-corrected chi connectivity index (χ2v) is 8.26. The van der Waals surface area contributed by atoms with Crippen LogP contribution in [0.5, 0.6) is 0 Å². The van der Waals surface area contributed by atoms with Gasteiger partial charge >= 0.3 is 12.1 Å². The van der Waals surface area contributed by atoms with Crippen LogP contribution in [-0.4, -0.2) is 42.3 Å². The summed E-state index contributed by atoms with van der Waals surface area (Å²) in [6.07, 6.45) is -2.20. The maximum absolute atomic E-state index is 13.0. The van der Waals surface area contributed by atoms with Crippen LogP contribution in [0.2, 0.25) is 0 Å². The molecule has 0 saturated carbocycles. The number of benzene rings is 1. The number of carbonyl (C=O) groups is 1. The lowest BCUT2D eigenvalue weighted by molar-refractivity contribution is -0.139. The van der Waals surface area contributed by atoms with Crippen LogP contribution in [-0.2, 0) is 15.7 Å². The normalized spacial score (nSPS) is 21.2. The molecule has 0 aromatic heterocycles. The number of piperidine rings is 1. The molecule has 1 aliphatic rings. The van der Waals surface area contributed by atoms with Gasteiger partial charge in [-0.1, -0.05) is 37.8 Å². The van der Waals surface area contributed by atoms with Crippen molar-refractivity contribution in [3.63, 3.8) is 0 Å². The minimum Gasteiger partial charge on any atom is -0.481 e. The standard InChI is InChI=1S/C23H30F3NO3/c1-16(2)13-20(5-4-12-30-3)27-11-10-17(15-22(28)29)14-21(27)18-6-8-19(9-7-18)23(24,25)26/h6-9,16-17,20-21H,10-15H2,1-3H3,(H,28,29)/t17-,20-,21+/m1/s1. The van der Waals surface area contributed by atoms with E-state index in [1.807, 2.05) is 0 Å². The fourth-order valence-electron chi connectivity index (χ4n) is 4.04. The predicted molar refractivity (Wildman–Crippen MR) is 109 cm³/mol. The van der Waals surface area contributed by atoms with Crippen LogP contribution >= 0.6 is 0 Å². The van der Waals surface area contributed by atoms with Crippen molar-refractivity contribution in [2.75, 3.05) is 20.3 Å². The Labute approximate surface area is 176 Å². The lowest BCUT2D eigenvalue weighted by Crippen LogP contribution is -2.44. The zero-order valence-corrected chi connectivity index (χ0v) is 17.7. The number of rotatable bonds is 7. The third kappa shape index (κ3) is 7.03. The highest BCUT2D eigenvalue weighted by atomic mass is 19.4. The summed E-state index contributed by atoms with van der Waals surface area (Å²) in [6.45, 7) is 5.18. The van der Waals surface area contributed by atoms with Crippen LogP contribution in [0.15, 0.2) is 24.3 Å². The van der Waals surface area contributed by atoms with E-state index in [1.165, 1.54) is 12.1 Å². The van der Waals surface area contributed by atoms with E-state index < -0.39 is 17.7 Å². The topological polar surface area (TPSA) is 49.8 Å². The average Bonchev–Trinajstić information content (AvgIpc) is 2.66. The molecule has 0 radical (unpaired) electrons. The number of alkyl halides is 3. The van der Waals surface area contributed by atoms with E-state index in [4.69, 9.17) is 4.74 Å². The second kappa shape index (κ2) is 10.8. The molecule has 4 nitrogen and oxygen atoms in total. The largest absolute Gasteiger partial charge is 0.481 e. The Morgan fingerprint density at radius 3 is 2.50 bits per heavy atom. The Morgan fingerprint density at radius 1 is 1.30 bits per heavy atom. The van der Waals surface area contributed by atoms with E-state index in [0.717, 1.165) is 30.5 Å². The number of hydrogen-bond donors (Lipinski definition) is 1. The fraction of sp³-hybridized carbons (Fsp3) is 0.609. The third-order valence-electron chi connectivity index (χ3n) is 5.42. The van der Waals surface area contributed by atoms with Gasteiger partial charge in [0.1, 0.15) is 6.61 Å². The first-order valence-corrected chi connectivity index (χ1v) is 10.2. The SMILES string of the molecule is COCC#C[C@H](CC(C)C)N1CC[C@@H](CC(=O)O)C[C@H]1c1ccc(C(F)(F)F)cc1. The molecule has 166 valence electrons. The van der Waals surface area contributed by atoms with Crippen LogP contribution < -0.4 is 0 Å². The molecule has 1 saturated heterocycles. The van der Waals surface area contributed by atoms with Crippen molar-refractivity contribution >= 4 is 5.97 Å². The number of carboxylic acid groups (broad SMARTS) is 1. The molecule has 1 aromatic rings. The molecule has 0 spiro atoms. The highest BCUT2D eigenvalue weighted by Crippen LogP contribution is 2.39. The summed E-state index contributed by atoms with van der Waals surface area (Å²) in [4.78, 5) is 13.5. The Hall–Kier alpha value is -2.04. The monoisotopic (exact) mass is 425 g/mol. The number of methoxy groups -OCH3 is 1. The molecule has 0 aliphatic carbocycles. The van der Waals surface area contributed by atoms with E-state index in [2.05, 4.69) is 30.6 Å². The van der Waals surface area contributed by atoms with Crippen molar-refractivity contribution in [1.29, 1.82) is 0 Å². The van der Waals surface area contributed by atoms with Gasteiger partial charge in [0.15, 0.2) is 0 Å². The molecule has 1 heterocycles. The molecule has 30 heavy (non-hydrogen) atoms. The molecular weight excluding hydrogens is 395 g/mol. The minimum atomic E-state index is -4.39. The van der Waals surface area contributed by atoms with Gasteiger partial charge in [0.2, 0.25) is 0 Å². The van der Waals surface area contributed by atoms with Crippen molar-refractivity contribution < 1.29 is 27.8 Å². The molecule has 1 aliphatic heterocycles. The molecule has 0 amide bonds. The van der Waals surface area contributed by atoms with Crippen LogP contribution in [0.1, 0.15) is 56.7 Å². The van der Waals surface area contributed by atoms with Gasteiger partial charge in [-0.3, -0.25) is 9.69 Å². The van der Waals surface area contributed by atoms with Crippen LogP contribution in [0.3, 0.4) is 0 Å². The molecule has 3 atom stereocenters. The van der Waals surface area contributed by atoms with Crippen LogP contribution in [0.25, 0.3) is 0 Å².